The number of nitrogens with one attached hydrogen (secondary N) is 2. The molecule has 1 saturated heterocycles. The summed E-state index contributed by atoms with van der Waals surface area (Å²) in [6.45, 7) is 4.82. The summed E-state index contributed by atoms with van der Waals surface area (Å²) in [6, 6.07) is 18.3. The van der Waals surface area contributed by atoms with E-state index in [9.17, 15) is 9.59 Å². The van der Waals surface area contributed by atoms with Gasteiger partial charge in [0.2, 0.25) is 5.91 Å². The highest BCUT2D eigenvalue weighted by molar-refractivity contribution is 5.82. The van der Waals surface area contributed by atoms with Crippen molar-refractivity contribution in [1.29, 1.82) is 0 Å². The Kier molecular flexibility index (Phi) is 6.29. The quantitative estimate of drug-likeness (QED) is 0.659. The molecule has 156 valence electrons. The number of carbonyl (C=O) groups excluding carboxylic acids is 1. The number of benzene rings is 2. The van der Waals surface area contributed by atoms with Gasteiger partial charge in [-0.15, -0.1) is 0 Å². The third kappa shape index (κ3) is 4.79. The normalized spacial score (nSPS) is 17.2. The molecule has 0 bridgehead atoms. The molecule has 2 N–H and O–H groups in total. The second-order valence-corrected chi connectivity index (χ2v) is 8.25. The maximum Gasteiger partial charge on any atom is 0.252 e. The van der Waals surface area contributed by atoms with E-state index in [0.29, 0.717) is 18.2 Å². The zero-order valence-electron chi connectivity index (χ0n) is 17.5. The molecule has 0 radical (unpaired) electrons. The van der Waals surface area contributed by atoms with Gasteiger partial charge in [0.25, 0.3) is 5.56 Å². The molecule has 2 aromatic carbocycles. The van der Waals surface area contributed by atoms with Crippen LogP contribution in [0.5, 0.6) is 0 Å². The first-order valence-corrected chi connectivity index (χ1v) is 10.8. The maximum absolute atomic E-state index is 12.6. The first-order chi connectivity index (χ1) is 14.6. The van der Waals surface area contributed by atoms with E-state index in [1.165, 1.54) is 24.8 Å². The van der Waals surface area contributed by atoms with Crippen LogP contribution in [0.3, 0.4) is 0 Å². The Morgan fingerprint density at radius 3 is 2.67 bits per heavy atom. The van der Waals surface area contributed by atoms with Gasteiger partial charge in [0.05, 0.1) is 6.42 Å². The second-order valence-electron chi connectivity index (χ2n) is 8.25. The highest BCUT2D eigenvalue weighted by Gasteiger charge is 2.19. The van der Waals surface area contributed by atoms with Gasteiger partial charge < -0.3 is 10.3 Å². The Morgan fingerprint density at radius 1 is 1.07 bits per heavy atom. The van der Waals surface area contributed by atoms with Crippen molar-refractivity contribution in [3.8, 4) is 0 Å². The number of pyridine rings is 1. The third-order valence-electron chi connectivity index (χ3n) is 6.09. The first-order valence-electron chi connectivity index (χ1n) is 10.8. The lowest BCUT2D eigenvalue weighted by molar-refractivity contribution is -0.120. The number of H-pyrrole nitrogens is 1. The van der Waals surface area contributed by atoms with Crippen molar-refractivity contribution in [2.24, 2.45) is 0 Å². The molecule has 0 spiro atoms. The van der Waals surface area contributed by atoms with Gasteiger partial charge in [0.1, 0.15) is 0 Å². The average Bonchev–Trinajstić information content (AvgIpc) is 2.75. The van der Waals surface area contributed by atoms with E-state index in [-0.39, 0.29) is 17.9 Å². The highest BCUT2D eigenvalue weighted by atomic mass is 16.2. The molecule has 30 heavy (non-hydrogen) atoms. The minimum absolute atomic E-state index is 0.0749. The van der Waals surface area contributed by atoms with Crippen molar-refractivity contribution in [1.82, 2.24) is 15.2 Å². The topological polar surface area (TPSA) is 65.2 Å². The number of aromatic nitrogens is 1. The van der Waals surface area contributed by atoms with Crippen LogP contribution in [0.1, 0.15) is 42.9 Å². The van der Waals surface area contributed by atoms with Gasteiger partial charge in [-0.1, -0.05) is 48.9 Å². The van der Waals surface area contributed by atoms with Crippen LogP contribution in [-0.4, -0.2) is 28.4 Å². The minimum atomic E-state index is -0.205. The van der Waals surface area contributed by atoms with Crippen molar-refractivity contribution in [2.75, 3.05) is 6.54 Å². The molecule has 1 aromatic heterocycles. The number of piperidine rings is 1. The van der Waals surface area contributed by atoms with E-state index in [1.54, 1.807) is 6.07 Å². The van der Waals surface area contributed by atoms with Gasteiger partial charge in [0, 0.05) is 30.2 Å². The van der Waals surface area contributed by atoms with E-state index in [1.807, 2.05) is 30.3 Å². The summed E-state index contributed by atoms with van der Waals surface area (Å²) in [6.07, 6.45) is 3.89. The number of hydrogen-bond donors (Lipinski definition) is 2. The van der Waals surface area contributed by atoms with Crippen LogP contribution in [0, 0.1) is 0 Å². The lowest BCUT2D eigenvalue weighted by atomic mass is 10.0. The van der Waals surface area contributed by atoms with E-state index in [0.717, 1.165) is 29.6 Å². The van der Waals surface area contributed by atoms with Crippen molar-refractivity contribution >= 4 is 16.8 Å². The molecule has 0 aliphatic carbocycles. The number of nitrogens with zero attached hydrogens (tertiary/aromatic N) is 1. The van der Waals surface area contributed by atoms with Crippen LogP contribution in [0.4, 0.5) is 0 Å². The Labute approximate surface area is 177 Å². The lowest BCUT2D eigenvalue weighted by Gasteiger charge is -2.33. The Balaban J connectivity index is 1.41. The second kappa shape index (κ2) is 9.26. The van der Waals surface area contributed by atoms with Gasteiger partial charge >= 0.3 is 0 Å². The van der Waals surface area contributed by atoms with E-state index >= 15 is 0 Å². The first kappa shape index (κ1) is 20.4. The molecule has 1 fully saturated rings. The molecule has 5 nitrogen and oxygen atoms in total. The molecule has 5 heteroatoms. The number of aromatic amines is 1. The number of carbonyl (C=O) groups is 1. The van der Waals surface area contributed by atoms with Crippen molar-refractivity contribution in [3.05, 3.63) is 81.6 Å². The van der Waals surface area contributed by atoms with Crippen LogP contribution in [0.2, 0.25) is 0 Å². The Hall–Kier alpha value is -2.92. The summed E-state index contributed by atoms with van der Waals surface area (Å²) in [5.41, 5.74) is 3.46. The summed E-state index contributed by atoms with van der Waals surface area (Å²) in [5.74, 6) is -0.142. The molecular formula is C25H29N3O2. The highest BCUT2D eigenvalue weighted by Crippen LogP contribution is 2.21. The summed E-state index contributed by atoms with van der Waals surface area (Å²) < 4.78 is 0. The molecule has 1 atom stereocenters. The standard InChI is InChI=1S/C25H29N3O2/c1-18-8-6-7-13-28(18)17-21-11-3-2-10-20(21)16-26-24(29)15-22-14-19-9-4-5-12-23(19)27-25(22)30/h2-5,9-12,14,18H,6-8,13,15-17H2,1H3,(H,26,29)(H,27,30)/t18-/m1/s1. The van der Waals surface area contributed by atoms with Gasteiger partial charge in [-0.25, -0.2) is 0 Å². The van der Waals surface area contributed by atoms with Gasteiger partial charge in [-0.3, -0.25) is 14.5 Å². The fourth-order valence-corrected chi connectivity index (χ4v) is 4.25. The predicted octanol–water partition coefficient (Wildman–Crippen LogP) is 3.76. The molecule has 1 aliphatic heterocycles. The number of amides is 1. The number of likely N-dealkylation sites (tertiary alicyclic amines) is 1. The summed E-state index contributed by atoms with van der Waals surface area (Å²) in [7, 11) is 0. The lowest BCUT2D eigenvalue weighted by Crippen LogP contribution is -2.37. The molecule has 3 aromatic rings. The van der Waals surface area contributed by atoms with E-state index < -0.39 is 0 Å². The van der Waals surface area contributed by atoms with Crippen LogP contribution in [0.25, 0.3) is 10.9 Å². The fraction of sp³-hybridized carbons (Fsp3) is 0.360. The van der Waals surface area contributed by atoms with Crippen LogP contribution in [0.15, 0.2) is 59.4 Å². The fourth-order valence-electron chi connectivity index (χ4n) is 4.25. The van der Waals surface area contributed by atoms with Crippen molar-refractivity contribution in [3.63, 3.8) is 0 Å². The Morgan fingerprint density at radius 2 is 1.83 bits per heavy atom. The summed E-state index contributed by atoms with van der Waals surface area (Å²) >= 11 is 0. The molecule has 1 aliphatic rings. The SMILES string of the molecule is C[C@@H]1CCCCN1Cc1ccccc1CNC(=O)Cc1cc2ccccc2[nH]c1=O. The summed E-state index contributed by atoms with van der Waals surface area (Å²) in [4.78, 5) is 30.2. The van der Waals surface area contributed by atoms with Crippen LogP contribution >= 0.6 is 0 Å². The zero-order chi connectivity index (χ0) is 20.9. The smallest absolute Gasteiger partial charge is 0.252 e. The van der Waals surface area contributed by atoms with Gasteiger partial charge in [0.15, 0.2) is 0 Å². The van der Waals surface area contributed by atoms with Crippen molar-refractivity contribution < 1.29 is 4.79 Å². The van der Waals surface area contributed by atoms with E-state index in [4.69, 9.17) is 0 Å². The number of rotatable bonds is 6. The number of hydrogen-bond acceptors (Lipinski definition) is 3. The van der Waals surface area contributed by atoms with Crippen LogP contribution < -0.4 is 10.9 Å². The predicted molar refractivity (Wildman–Crippen MR) is 120 cm³/mol. The maximum atomic E-state index is 12.6. The minimum Gasteiger partial charge on any atom is -0.352 e. The molecule has 1 amide bonds. The van der Waals surface area contributed by atoms with Crippen molar-refractivity contribution in [2.45, 2.75) is 51.7 Å². The zero-order valence-corrected chi connectivity index (χ0v) is 17.5. The summed E-state index contributed by atoms with van der Waals surface area (Å²) in [5, 5.41) is 3.93. The van der Waals surface area contributed by atoms with Crippen LogP contribution in [-0.2, 0) is 24.3 Å². The molecular weight excluding hydrogens is 374 g/mol. The number of para-hydroxylation sites is 1. The average molecular weight is 404 g/mol. The van der Waals surface area contributed by atoms with Gasteiger partial charge in [-0.2, -0.15) is 0 Å². The Bertz CT molecular complexity index is 1090. The van der Waals surface area contributed by atoms with E-state index in [2.05, 4.69) is 40.3 Å². The molecule has 2 heterocycles. The number of fused-ring (bicyclic) bond motifs is 1. The monoisotopic (exact) mass is 403 g/mol. The largest absolute Gasteiger partial charge is 0.352 e. The third-order valence-corrected chi connectivity index (χ3v) is 6.09. The molecule has 0 unspecified atom stereocenters. The molecule has 0 saturated carbocycles. The molecule has 4 rings (SSSR count). The van der Waals surface area contributed by atoms with Gasteiger partial charge in [-0.05, 0) is 55.0 Å².